The van der Waals surface area contributed by atoms with E-state index in [4.69, 9.17) is 0 Å². The van der Waals surface area contributed by atoms with Gasteiger partial charge in [-0.3, -0.25) is 19.0 Å². The smallest absolute Gasteiger partial charge is 0.298 e. The van der Waals surface area contributed by atoms with Gasteiger partial charge in [-0.25, -0.2) is 4.98 Å². The van der Waals surface area contributed by atoms with Crippen LogP contribution in [0, 0.1) is 6.92 Å². The summed E-state index contributed by atoms with van der Waals surface area (Å²) in [7, 11) is 1.53. The van der Waals surface area contributed by atoms with Crippen molar-refractivity contribution in [2.24, 2.45) is 0 Å². The maximum Gasteiger partial charge on any atom is 0.298 e. The molecule has 0 spiro atoms. The lowest BCUT2D eigenvalue weighted by molar-refractivity contribution is 0.0933. The number of rotatable bonds is 5. The van der Waals surface area contributed by atoms with Gasteiger partial charge in [0.25, 0.3) is 17.4 Å². The quantitative estimate of drug-likeness (QED) is 0.564. The van der Waals surface area contributed by atoms with Crippen molar-refractivity contribution in [3.8, 4) is 5.75 Å². The van der Waals surface area contributed by atoms with Crippen molar-refractivity contribution in [3.63, 3.8) is 0 Å². The number of carbonyl (C=O) groups is 2. The molecule has 3 aromatic rings. The lowest BCUT2D eigenvalue weighted by Gasteiger charge is -2.18. The summed E-state index contributed by atoms with van der Waals surface area (Å²) >= 11 is 0. The van der Waals surface area contributed by atoms with Crippen molar-refractivity contribution in [1.29, 1.82) is 0 Å². The summed E-state index contributed by atoms with van der Waals surface area (Å²) in [5, 5.41) is 15.6. The predicted molar refractivity (Wildman–Crippen MR) is 119 cm³/mol. The number of hydrogen-bond acceptors (Lipinski definition) is 6. The molecule has 32 heavy (non-hydrogen) atoms. The van der Waals surface area contributed by atoms with Crippen molar-refractivity contribution in [1.82, 2.24) is 20.2 Å². The number of amides is 2. The number of carbonyl (C=O) groups excluding carboxylic acids is 2. The summed E-state index contributed by atoms with van der Waals surface area (Å²) in [6.45, 7) is 2.75. The van der Waals surface area contributed by atoms with Gasteiger partial charge >= 0.3 is 0 Å². The van der Waals surface area contributed by atoms with Crippen LogP contribution in [0.25, 0.3) is 0 Å². The van der Waals surface area contributed by atoms with Crippen LogP contribution in [0.15, 0.2) is 53.3 Å². The first-order chi connectivity index (χ1) is 15.4. The first-order valence-corrected chi connectivity index (χ1v) is 10.2. The molecule has 4 rings (SSSR count). The van der Waals surface area contributed by atoms with Crippen LogP contribution in [0.2, 0.25) is 0 Å². The van der Waals surface area contributed by atoms with Crippen LogP contribution in [0.1, 0.15) is 32.0 Å². The summed E-state index contributed by atoms with van der Waals surface area (Å²) in [5.41, 5.74) is 1.77. The largest absolute Gasteiger partial charge is 0.501 e. The molecule has 9 heteroatoms. The molecule has 0 bridgehead atoms. The molecule has 0 fully saturated rings. The Balaban J connectivity index is 1.63. The topological polar surface area (TPSA) is 117 Å². The van der Waals surface area contributed by atoms with E-state index in [1.54, 1.807) is 12.1 Å². The van der Waals surface area contributed by atoms with Crippen LogP contribution < -0.4 is 21.1 Å². The van der Waals surface area contributed by atoms with Crippen LogP contribution in [-0.2, 0) is 13.1 Å². The van der Waals surface area contributed by atoms with E-state index in [1.807, 2.05) is 48.2 Å². The Hall–Kier alpha value is -4.14. The van der Waals surface area contributed by atoms with Crippen LogP contribution in [-0.4, -0.2) is 40.1 Å². The highest BCUT2D eigenvalue weighted by molar-refractivity contribution is 5.97. The van der Waals surface area contributed by atoms with E-state index in [9.17, 15) is 19.5 Å². The standard InChI is InChI=1S/C23H23N5O4/c1-14-8-9-15(17(12-14)20(30)24-2)13-25-21(31)18-19(29)22(32)28-11-10-27(23(28)26-18)16-6-4-3-5-7-16/h3-9,12,29H,10-11,13H2,1-2H3,(H,24,30)(H,25,31). The predicted octanol–water partition coefficient (Wildman–Crippen LogP) is 1.70. The second-order valence-corrected chi connectivity index (χ2v) is 7.48. The molecule has 2 heterocycles. The van der Waals surface area contributed by atoms with E-state index in [1.165, 1.54) is 11.6 Å². The Morgan fingerprint density at radius 2 is 1.84 bits per heavy atom. The van der Waals surface area contributed by atoms with Gasteiger partial charge in [-0.1, -0.05) is 35.9 Å². The van der Waals surface area contributed by atoms with Gasteiger partial charge in [-0.2, -0.15) is 0 Å². The normalized spacial score (nSPS) is 12.4. The van der Waals surface area contributed by atoms with Gasteiger partial charge in [0, 0.05) is 37.9 Å². The number of fused-ring (bicyclic) bond motifs is 1. The Morgan fingerprint density at radius 1 is 1.09 bits per heavy atom. The lowest BCUT2D eigenvalue weighted by atomic mass is 10.0. The molecule has 0 atom stereocenters. The van der Waals surface area contributed by atoms with E-state index in [2.05, 4.69) is 15.6 Å². The fourth-order valence-corrected chi connectivity index (χ4v) is 3.70. The van der Waals surface area contributed by atoms with Crippen LogP contribution in [0.3, 0.4) is 0 Å². The minimum Gasteiger partial charge on any atom is -0.501 e. The number of aromatic nitrogens is 2. The van der Waals surface area contributed by atoms with Gasteiger partial charge in [0.1, 0.15) is 0 Å². The molecule has 2 aromatic carbocycles. The second-order valence-electron chi connectivity index (χ2n) is 7.48. The molecule has 0 radical (unpaired) electrons. The third kappa shape index (κ3) is 3.80. The second kappa shape index (κ2) is 8.54. The third-order valence-corrected chi connectivity index (χ3v) is 5.37. The van der Waals surface area contributed by atoms with Gasteiger partial charge in [-0.05, 0) is 30.7 Å². The highest BCUT2D eigenvalue weighted by atomic mass is 16.3. The average Bonchev–Trinajstić information content (AvgIpc) is 3.24. The first-order valence-electron chi connectivity index (χ1n) is 10.2. The molecule has 0 unspecified atom stereocenters. The lowest BCUT2D eigenvalue weighted by Crippen LogP contribution is -2.30. The van der Waals surface area contributed by atoms with Gasteiger partial charge in [0.15, 0.2) is 5.69 Å². The van der Waals surface area contributed by atoms with Crippen LogP contribution in [0.4, 0.5) is 11.6 Å². The zero-order chi connectivity index (χ0) is 22.8. The Morgan fingerprint density at radius 3 is 2.56 bits per heavy atom. The summed E-state index contributed by atoms with van der Waals surface area (Å²) in [5.74, 6) is -1.37. The van der Waals surface area contributed by atoms with Gasteiger partial charge < -0.3 is 20.6 Å². The van der Waals surface area contributed by atoms with Gasteiger partial charge in [0.05, 0.1) is 0 Å². The molecular weight excluding hydrogens is 410 g/mol. The average molecular weight is 433 g/mol. The summed E-state index contributed by atoms with van der Waals surface area (Å²) in [6, 6.07) is 14.7. The highest BCUT2D eigenvalue weighted by Gasteiger charge is 2.29. The number of nitrogens with one attached hydrogen (secondary N) is 2. The van der Waals surface area contributed by atoms with Crippen molar-refractivity contribution >= 4 is 23.5 Å². The Kier molecular flexibility index (Phi) is 5.63. The molecule has 164 valence electrons. The monoisotopic (exact) mass is 433 g/mol. The number of aryl methyl sites for hydroxylation is 1. The molecule has 2 amide bonds. The molecule has 1 aromatic heterocycles. The molecule has 1 aliphatic rings. The summed E-state index contributed by atoms with van der Waals surface area (Å²) in [6.07, 6.45) is 0. The molecular formula is C23H23N5O4. The Bertz CT molecular complexity index is 1250. The summed E-state index contributed by atoms with van der Waals surface area (Å²) in [4.78, 5) is 43.8. The maximum atomic E-state index is 12.9. The molecule has 0 saturated heterocycles. The number of aromatic hydroxyl groups is 1. The van der Waals surface area contributed by atoms with Crippen molar-refractivity contribution in [2.45, 2.75) is 20.0 Å². The van der Waals surface area contributed by atoms with Gasteiger partial charge in [0.2, 0.25) is 11.7 Å². The summed E-state index contributed by atoms with van der Waals surface area (Å²) < 4.78 is 1.35. The zero-order valence-corrected chi connectivity index (χ0v) is 17.8. The maximum absolute atomic E-state index is 12.9. The van der Waals surface area contributed by atoms with Crippen molar-refractivity contribution in [2.75, 3.05) is 18.5 Å². The van der Waals surface area contributed by atoms with Crippen molar-refractivity contribution < 1.29 is 14.7 Å². The number of para-hydroxylation sites is 1. The van der Waals surface area contributed by atoms with E-state index in [0.717, 1.165) is 11.3 Å². The molecule has 0 aliphatic carbocycles. The number of nitrogens with zero attached hydrogens (tertiary/aromatic N) is 3. The van der Waals surface area contributed by atoms with Crippen LogP contribution in [0.5, 0.6) is 5.75 Å². The molecule has 3 N–H and O–H groups in total. The van der Waals surface area contributed by atoms with Crippen LogP contribution >= 0.6 is 0 Å². The molecule has 0 saturated carbocycles. The van der Waals surface area contributed by atoms with E-state index in [-0.39, 0.29) is 18.1 Å². The molecule has 9 nitrogen and oxygen atoms in total. The molecule has 1 aliphatic heterocycles. The number of hydrogen-bond donors (Lipinski definition) is 3. The highest BCUT2D eigenvalue weighted by Crippen LogP contribution is 2.28. The Labute approximate surface area is 184 Å². The fourth-order valence-electron chi connectivity index (χ4n) is 3.70. The van der Waals surface area contributed by atoms with E-state index >= 15 is 0 Å². The van der Waals surface area contributed by atoms with E-state index in [0.29, 0.717) is 30.2 Å². The SMILES string of the molecule is CNC(=O)c1cc(C)ccc1CNC(=O)c1nc2n(c(=O)c1O)CCN2c1ccccc1. The number of benzene rings is 2. The third-order valence-electron chi connectivity index (χ3n) is 5.37. The first kappa shape index (κ1) is 21.1. The minimum atomic E-state index is -0.702. The van der Waals surface area contributed by atoms with Crippen molar-refractivity contribution in [3.05, 3.63) is 81.3 Å². The minimum absolute atomic E-state index is 0.0316. The zero-order valence-electron chi connectivity index (χ0n) is 17.8. The van der Waals surface area contributed by atoms with E-state index < -0.39 is 17.2 Å². The number of anilines is 2. The fraction of sp³-hybridized carbons (Fsp3) is 0.217. The van der Waals surface area contributed by atoms with Gasteiger partial charge in [-0.15, -0.1) is 0 Å².